The molecule has 96 valence electrons. The summed E-state index contributed by atoms with van der Waals surface area (Å²) in [6.45, 7) is 8.47. The van der Waals surface area contributed by atoms with Crippen molar-refractivity contribution in [1.82, 2.24) is 0 Å². The standard InChI is InChI=1S/C13H21NO3/c1-8-6-7-13(11(15)16-5)9(8)10(14-17-13)12(2,3)4/h8-9H,6-7H2,1-5H3. The third-order valence-corrected chi connectivity index (χ3v) is 3.94. The molecule has 1 saturated carbocycles. The average Bonchev–Trinajstić information content (AvgIpc) is 2.76. The molecular weight excluding hydrogens is 218 g/mol. The third kappa shape index (κ3) is 1.65. The third-order valence-electron chi connectivity index (χ3n) is 3.94. The van der Waals surface area contributed by atoms with Gasteiger partial charge < -0.3 is 9.57 Å². The number of hydrogen-bond acceptors (Lipinski definition) is 4. The Bertz CT molecular complexity index is 369. The van der Waals surface area contributed by atoms with Gasteiger partial charge in [-0.1, -0.05) is 32.9 Å². The molecule has 3 atom stereocenters. The molecule has 0 radical (unpaired) electrons. The molecule has 3 unspecified atom stereocenters. The Labute approximate surface area is 102 Å². The van der Waals surface area contributed by atoms with Crippen LogP contribution >= 0.6 is 0 Å². The van der Waals surface area contributed by atoms with Crippen LogP contribution in [0.15, 0.2) is 5.16 Å². The highest BCUT2D eigenvalue weighted by Crippen LogP contribution is 2.50. The van der Waals surface area contributed by atoms with Crippen LogP contribution in [0.2, 0.25) is 0 Å². The number of oxime groups is 1. The van der Waals surface area contributed by atoms with Crippen LogP contribution in [0.4, 0.5) is 0 Å². The van der Waals surface area contributed by atoms with Crippen molar-refractivity contribution in [3.05, 3.63) is 0 Å². The Morgan fingerprint density at radius 1 is 1.53 bits per heavy atom. The molecule has 2 aliphatic rings. The minimum absolute atomic E-state index is 0.0648. The quantitative estimate of drug-likeness (QED) is 0.660. The highest BCUT2D eigenvalue weighted by molar-refractivity contribution is 5.99. The highest BCUT2D eigenvalue weighted by atomic mass is 16.7. The van der Waals surface area contributed by atoms with E-state index in [-0.39, 0.29) is 17.3 Å². The van der Waals surface area contributed by atoms with Crippen LogP contribution in [0.25, 0.3) is 0 Å². The van der Waals surface area contributed by atoms with E-state index in [2.05, 4.69) is 32.9 Å². The predicted molar refractivity (Wildman–Crippen MR) is 64.6 cm³/mol. The second-order valence-electron chi connectivity index (χ2n) is 6.19. The van der Waals surface area contributed by atoms with Gasteiger partial charge in [0.05, 0.1) is 18.7 Å². The fourth-order valence-corrected chi connectivity index (χ4v) is 3.05. The second kappa shape index (κ2) is 3.72. The minimum atomic E-state index is -0.850. The van der Waals surface area contributed by atoms with Gasteiger partial charge in [-0.25, -0.2) is 4.79 Å². The van der Waals surface area contributed by atoms with Gasteiger partial charge in [-0.05, 0) is 12.3 Å². The number of rotatable bonds is 1. The number of fused-ring (bicyclic) bond motifs is 1. The molecule has 1 heterocycles. The van der Waals surface area contributed by atoms with E-state index in [4.69, 9.17) is 9.57 Å². The summed E-state index contributed by atoms with van der Waals surface area (Å²) in [7, 11) is 1.41. The molecule has 0 aromatic carbocycles. The first-order valence-corrected chi connectivity index (χ1v) is 6.18. The molecule has 0 N–H and O–H groups in total. The summed E-state index contributed by atoms with van der Waals surface area (Å²) >= 11 is 0. The largest absolute Gasteiger partial charge is 0.466 e. The van der Waals surface area contributed by atoms with Crippen LogP contribution in [0.3, 0.4) is 0 Å². The zero-order valence-corrected chi connectivity index (χ0v) is 11.2. The highest BCUT2D eigenvalue weighted by Gasteiger charge is 2.62. The van der Waals surface area contributed by atoms with Gasteiger partial charge in [-0.15, -0.1) is 0 Å². The van der Waals surface area contributed by atoms with Crippen molar-refractivity contribution >= 4 is 11.7 Å². The van der Waals surface area contributed by atoms with Crippen molar-refractivity contribution in [3.8, 4) is 0 Å². The molecule has 0 aromatic heterocycles. The van der Waals surface area contributed by atoms with Crippen LogP contribution in [-0.2, 0) is 14.4 Å². The average molecular weight is 239 g/mol. The van der Waals surface area contributed by atoms with Crippen molar-refractivity contribution in [3.63, 3.8) is 0 Å². The number of ether oxygens (including phenoxy) is 1. The number of nitrogens with zero attached hydrogens (tertiary/aromatic N) is 1. The van der Waals surface area contributed by atoms with Crippen molar-refractivity contribution in [1.29, 1.82) is 0 Å². The van der Waals surface area contributed by atoms with Crippen LogP contribution in [-0.4, -0.2) is 24.4 Å². The molecule has 0 saturated heterocycles. The molecule has 2 rings (SSSR count). The maximum Gasteiger partial charge on any atom is 0.353 e. The summed E-state index contributed by atoms with van der Waals surface area (Å²) in [6.07, 6.45) is 1.68. The van der Waals surface area contributed by atoms with Crippen molar-refractivity contribution in [2.45, 2.75) is 46.1 Å². The van der Waals surface area contributed by atoms with Gasteiger partial charge in [0.2, 0.25) is 5.60 Å². The van der Waals surface area contributed by atoms with Gasteiger partial charge in [0.15, 0.2) is 0 Å². The molecule has 1 aliphatic carbocycles. The molecular formula is C13H21NO3. The van der Waals surface area contributed by atoms with Gasteiger partial charge in [0, 0.05) is 11.8 Å². The minimum Gasteiger partial charge on any atom is -0.466 e. The van der Waals surface area contributed by atoms with Crippen molar-refractivity contribution < 1.29 is 14.4 Å². The number of esters is 1. The molecule has 1 fully saturated rings. The smallest absolute Gasteiger partial charge is 0.353 e. The summed E-state index contributed by atoms with van der Waals surface area (Å²) in [5.41, 5.74) is 0.0726. The lowest BCUT2D eigenvalue weighted by Crippen LogP contribution is -2.47. The van der Waals surface area contributed by atoms with Crippen LogP contribution < -0.4 is 0 Å². The Morgan fingerprint density at radius 2 is 2.18 bits per heavy atom. The fraction of sp³-hybridized carbons (Fsp3) is 0.846. The Kier molecular flexibility index (Phi) is 2.71. The number of carbonyl (C=O) groups is 1. The molecule has 1 aliphatic heterocycles. The van der Waals surface area contributed by atoms with Gasteiger partial charge in [0.1, 0.15) is 0 Å². The van der Waals surface area contributed by atoms with E-state index < -0.39 is 5.60 Å². The van der Waals surface area contributed by atoms with E-state index in [1.165, 1.54) is 7.11 Å². The summed E-state index contributed by atoms with van der Waals surface area (Å²) in [6, 6.07) is 0. The van der Waals surface area contributed by atoms with Crippen molar-refractivity contribution in [2.75, 3.05) is 7.11 Å². The van der Waals surface area contributed by atoms with Gasteiger partial charge >= 0.3 is 5.97 Å². The Balaban J connectivity index is 2.38. The summed E-state index contributed by atoms with van der Waals surface area (Å²) in [5, 5.41) is 4.20. The first kappa shape index (κ1) is 12.4. The summed E-state index contributed by atoms with van der Waals surface area (Å²) in [4.78, 5) is 17.6. The Morgan fingerprint density at radius 3 is 2.71 bits per heavy atom. The molecule has 0 aromatic rings. The van der Waals surface area contributed by atoms with Gasteiger partial charge in [-0.2, -0.15) is 0 Å². The van der Waals surface area contributed by atoms with E-state index in [0.717, 1.165) is 12.1 Å². The lowest BCUT2D eigenvalue weighted by Gasteiger charge is -2.29. The molecule has 0 bridgehead atoms. The van der Waals surface area contributed by atoms with E-state index in [1.807, 2.05) is 0 Å². The normalized spacial score (nSPS) is 36.2. The zero-order valence-electron chi connectivity index (χ0n) is 11.2. The lowest BCUT2D eigenvalue weighted by molar-refractivity contribution is -0.169. The number of hydrogen-bond donors (Lipinski definition) is 0. The number of carbonyl (C=O) groups excluding carboxylic acids is 1. The van der Waals surface area contributed by atoms with E-state index >= 15 is 0 Å². The maximum atomic E-state index is 12.0. The molecule has 0 amide bonds. The van der Waals surface area contributed by atoms with Crippen LogP contribution in [0.1, 0.15) is 40.5 Å². The second-order valence-corrected chi connectivity index (χ2v) is 6.19. The topological polar surface area (TPSA) is 47.9 Å². The summed E-state index contributed by atoms with van der Waals surface area (Å²) < 4.78 is 4.91. The predicted octanol–water partition coefficient (Wildman–Crippen LogP) is 2.38. The first-order chi connectivity index (χ1) is 7.83. The monoisotopic (exact) mass is 239 g/mol. The first-order valence-electron chi connectivity index (χ1n) is 6.18. The maximum absolute atomic E-state index is 12.0. The van der Waals surface area contributed by atoms with Gasteiger partial charge in [0.25, 0.3) is 0 Å². The summed E-state index contributed by atoms with van der Waals surface area (Å²) in [5.74, 6) is 0.194. The van der Waals surface area contributed by atoms with E-state index in [9.17, 15) is 4.79 Å². The fourth-order valence-electron chi connectivity index (χ4n) is 3.05. The van der Waals surface area contributed by atoms with Crippen LogP contribution in [0, 0.1) is 17.3 Å². The zero-order chi connectivity index (χ0) is 12.8. The molecule has 0 spiro atoms. The molecule has 17 heavy (non-hydrogen) atoms. The van der Waals surface area contributed by atoms with Crippen LogP contribution in [0.5, 0.6) is 0 Å². The molecule has 4 nitrogen and oxygen atoms in total. The molecule has 4 heteroatoms. The number of methoxy groups -OCH3 is 1. The van der Waals surface area contributed by atoms with Crippen molar-refractivity contribution in [2.24, 2.45) is 22.4 Å². The van der Waals surface area contributed by atoms with E-state index in [1.54, 1.807) is 0 Å². The Hall–Kier alpha value is -1.06. The van der Waals surface area contributed by atoms with E-state index in [0.29, 0.717) is 12.3 Å². The lowest BCUT2D eigenvalue weighted by atomic mass is 9.73. The SMILES string of the molecule is COC(=O)C12CCC(C)C1C(C(C)(C)C)=NO2. The van der Waals surface area contributed by atoms with Gasteiger partial charge in [-0.3, -0.25) is 0 Å².